The summed E-state index contributed by atoms with van der Waals surface area (Å²) >= 11 is 0. The Morgan fingerprint density at radius 1 is 1.47 bits per heavy atom. The number of carboxylic acids is 1. The van der Waals surface area contributed by atoms with Crippen LogP contribution in [-0.2, 0) is 14.8 Å². The number of sulfonamides is 1. The molecule has 0 heterocycles. The molecule has 1 aromatic rings. The van der Waals surface area contributed by atoms with E-state index in [1.54, 1.807) is 13.0 Å². The lowest BCUT2D eigenvalue weighted by Gasteiger charge is -2.09. The highest BCUT2D eigenvalue weighted by Crippen LogP contribution is 2.23. The molecular weight excluding hydrogens is 246 g/mol. The minimum atomic E-state index is -3.88. The fourth-order valence-corrected chi connectivity index (χ4v) is 1.96. The maximum Gasteiger partial charge on any atom is 0.306 e. The molecule has 0 fully saturated rings. The minimum absolute atomic E-state index is 0.0688. The average molecular weight is 259 g/mol. The van der Waals surface area contributed by atoms with E-state index in [0.29, 0.717) is 0 Å². The van der Waals surface area contributed by atoms with Crippen molar-refractivity contribution in [2.75, 3.05) is 6.61 Å². The molecule has 0 aliphatic rings. The van der Waals surface area contributed by atoms with Gasteiger partial charge in [0.2, 0.25) is 10.0 Å². The Morgan fingerprint density at radius 3 is 2.65 bits per heavy atom. The molecule has 0 spiro atoms. The number of aryl methyl sites for hydroxylation is 1. The largest absolute Gasteiger partial charge is 0.492 e. The summed E-state index contributed by atoms with van der Waals surface area (Å²) in [6.45, 7) is 1.61. The fraction of sp³-hybridized carbons (Fsp3) is 0.300. The second kappa shape index (κ2) is 5.15. The van der Waals surface area contributed by atoms with Gasteiger partial charge in [-0.05, 0) is 24.6 Å². The fourth-order valence-electron chi connectivity index (χ4n) is 1.21. The number of aliphatic carboxylic acids is 1. The van der Waals surface area contributed by atoms with E-state index in [9.17, 15) is 13.2 Å². The number of nitrogens with two attached hydrogens (primary N) is 1. The summed E-state index contributed by atoms with van der Waals surface area (Å²) in [7, 11) is -3.88. The molecule has 0 saturated heterocycles. The van der Waals surface area contributed by atoms with Crippen molar-refractivity contribution in [3.05, 3.63) is 23.8 Å². The molecule has 6 nitrogen and oxygen atoms in total. The van der Waals surface area contributed by atoms with E-state index in [1.807, 2.05) is 0 Å². The molecule has 17 heavy (non-hydrogen) atoms. The van der Waals surface area contributed by atoms with Crippen LogP contribution in [0.2, 0.25) is 0 Å². The van der Waals surface area contributed by atoms with E-state index in [1.165, 1.54) is 12.1 Å². The molecule has 0 unspecified atom stereocenters. The van der Waals surface area contributed by atoms with Crippen molar-refractivity contribution >= 4 is 16.0 Å². The molecule has 0 bridgehead atoms. The zero-order valence-corrected chi connectivity index (χ0v) is 10.0. The second-order valence-electron chi connectivity index (χ2n) is 3.49. The lowest BCUT2D eigenvalue weighted by atomic mass is 10.2. The highest BCUT2D eigenvalue weighted by Gasteiger charge is 2.15. The molecule has 7 heteroatoms. The summed E-state index contributed by atoms with van der Waals surface area (Å²) in [6, 6.07) is 4.49. The van der Waals surface area contributed by atoms with Gasteiger partial charge in [0.1, 0.15) is 10.6 Å². The molecule has 0 aliphatic carbocycles. The maximum atomic E-state index is 11.3. The summed E-state index contributed by atoms with van der Waals surface area (Å²) in [6.07, 6.45) is -0.210. The van der Waals surface area contributed by atoms with Crippen LogP contribution in [0.15, 0.2) is 23.1 Å². The molecule has 0 radical (unpaired) electrons. The molecule has 3 N–H and O–H groups in total. The SMILES string of the molecule is Cc1ccc(OCCC(=O)O)c(S(N)(=O)=O)c1. The predicted octanol–water partition coefficient (Wildman–Crippen LogP) is 0.496. The molecule has 0 atom stereocenters. The van der Waals surface area contributed by atoms with Crippen LogP contribution in [0.25, 0.3) is 0 Å². The Hall–Kier alpha value is -1.60. The topological polar surface area (TPSA) is 107 Å². The number of benzene rings is 1. The van der Waals surface area contributed by atoms with Crippen LogP contribution in [0.1, 0.15) is 12.0 Å². The molecule has 0 amide bonds. The third kappa shape index (κ3) is 4.04. The van der Waals surface area contributed by atoms with Gasteiger partial charge in [-0.1, -0.05) is 6.07 Å². The maximum absolute atomic E-state index is 11.3. The van der Waals surface area contributed by atoms with Gasteiger partial charge >= 0.3 is 5.97 Å². The van der Waals surface area contributed by atoms with Crippen molar-refractivity contribution in [1.29, 1.82) is 0 Å². The molecule has 1 rings (SSSR count). The number of ether oxygens (including phenoxy) is 1. The van der Waals surface area contributed by atoms with Crippen molar-refractivity contribution in [3.8, 4) is 5.75 Å². The molecule has 94 valence electrons. The number of carbonyl (C=O) groups is 1. The number of hydrogen-bond acceptors (Lipinski definition) is 4. The molecule has 0 aliphatic heterocycles. The Balaban J connectivity index is 2.95. The lowest BCUT2D eigenvalue weighted by Crippen LogP contribution is -2.15. The van der Waals surface area contributed by atoms with Crippen molar-refractivity contribution in [2.45, 2.75) is 18.2 Å². The Morgan fingerprint density at radius 2 is 2.12 bits per heavy atom. The van der Waals surface area contributed by atoms with Gasteiger partial charge in [-0.2, -0.15) is 0 Å². The van der Waals surface area contributed by atoms with Crippen LogP contribution in [0.3, 0.4) is 0 Å². The Kier molecular flexibility index (Phi) is 4.08. The normalized spacial score (nSPS) is 11.2. The zero-order chi connectivity index (χ0) is 13.1. The summed E-state index contributed by atoms with van der Waals surface area (Å²) < 4.78 is 27.7. The van der Waals surface area contributed by atoms with E-state index >= 15 is 0 Å². The molecule has 1 aromatic carbocycles. The summed E-state index contributed by atoms with van der Waals surface area (Å²) in [5.41, 5.74) is 0.722. The smallest absolute Gasteiger partial charge is 0.306 e. The predicted molar refractivity (Wildman–Crippen MR) is 60.3 cm³/mol. The van der Waals surface area contributed by atoms with Gasteiger partial charge in [-0.3, -0.25) is 4.79 Å². The van der Waals surface area contributed by atoms with Gasteiger partial charge in [0.25, 0.3) is 0 Å². The Bertz CT molecular complexity index is 523. The summed E-state index contributed by atoms with van der Waals surface area (Å²) in [5, 5.41) is 13.5. The van der Waals surface area contributed by atoms with Crippen LogP contribution >= 0.6 is 0 Å². The molecule has 0 aromatic heterocycles. The van der Waals surface area contributed by atoms with E-state index in [-0.39, 0.29) is 23.7 Å². The van der Waals surface area contributed by atoms with E-state index in [0.717, 1.165) is 5.56 Å². The van der Waals surface area contributed by atoms with E-state index < -0.39 is 16.0 Å². The average Bonchev–Trinajstić information content (AvgIpc) is 2.18. The van der Waals surface area contributed by atoms with E-state index in [4.69, 9.17) is 15.0 Å². The third-order valence-electron chi connectivity index (χ3n) is 1.98. The Labute approximate surface area is 99.1 Å². The van der Waals surface area contributed by atoms with Gasteiger partial charge < -0.3 is 9.84 Å². The van der Waals surface area contributed by atoms with Crippen molar-refractivity contribution in [3.63, 3.8) is 0 Å². The van der Waals surface area contributed by atoms with Crippen molar-refractivity contribution < 1.29 is 23.1 Å². The highest BCUT2D eigenvalue weighted by molar-refractivity contribution is 7.89. The van der Waals surface area contributed by atoms with Crippen LogP contribution in [-0.4, -0.2) is 26.1 Å². The second-order valence-corrected chi connectivity index (χ2v) is 5.02. The number of carboxylic acid groups (broad SMARTS) is 1. The van der Waals surface area contributed by atoms with E-state index in [2.05, 4.69) is 0 Å². The van der Waals surface area contributed by atoms with Crippen molar-refractivity contribution in [1.82, 2.24) is 0 Å². The first-order valence-corrected chi connectivity index (χ1v) is 6.33. The minimum Gasteiger partial charge on any atom is -0.492 e. The third-order valence-corrected chi connectivity index (χ3v) is 2.91. The van der Waals surface area contributed by atoms with Gasteiger partial charge in [0, 0.05) is 0 Å². The van der Waals surface area contributed by atoms with Crippen molar-refractivity contribution in [2.24, 2.45) is 5.14 Å². The van der Waals surface area contributed by atoms with Gasteiger partial charge in [0.05, 0.1) is 13.0 Å². The van der Waals surface area contributed by atoms with Crippen LogP contribution in [0, 0.1) is 6.92 Å². The number of hydrogen-bond donors (Lipinski definition) is 2. The highest BCUT2D eigenvalue weighted by atomic mass is 32.2. The quantitative estimate of drug-likeness (QED) is 0.800. The van der Waals surface area contributed by atoms with Crippen LogP contribution < -0.4 is 9.88 Å². The zero-order valence-electron chi connectivity index (χ0n) is 9.21. The first-order chi connectivity index (χ1) is 7.80. The van der Waals surface area contributed by atoms with Crippen LogP contribution in [0.4, 0.5) is 0 Å². The lowest BCUT2D eigenvalue weighted by molar-refractivity contribution is -0.137. The monoisotopic (exact) mass is 259 g/mol. The first-order valence-electron chi connectivity index (χ1n) is 4.79. The van der Waals surface area contributed by atoms with Gasteiger partial charge in [-0.15, -0.1) is 0 Å². The summed E-state index contributed by atoms with van der Waals surface area (Å²) in [5.74, 6) is -0.950. The number of primary sulfonamides is 1. The first kappa shape index (κ1) is 13.5. The summed E-state index contributed by atoms with van der Waals surface area (Å²) in [4.78, 5) is 10.2. The molecule has 0 saturated carbocycles. The standard InChI is InChI=1S/C10H13NO5S/c1-7-2-3-8(16-5-4-10(12)13)9(6-7)17(11,14)15/h2-3,6H,4-5H2,1H3,(H,12,13)(H2,11,14,15). The molecular formula is C10H13NO5S. The van der Waals surface area contributed by atoms with Gasteiger partial charge in [-0.25, -0.2) is 13.6 Å². The van der Waals surface area contributed by atoms with Crippen LogP contribution in [0.5, 0.6) is 5.75 Å². The number of rotatable bonds is 5. The van der Waals surface area contributed by atoms with Gasteiger partial charge in [0.15, 0.2) is 0 Å².